The summed E-state index contributed by atoms with van der Waals surface area (Å²) >= 11 is 0. The van der Waals surface area contributed by atoms with E-state index in [-0.39, 0.29) is 23.1 Å². The number of benzene rings is 2. The van der Waals surface area contributed by atoms with E-state index < -0.39 is 23.1 Å². The predicted molar refractivity (Wildman–Crippen MR) is 82.9 cm³/mol. The number of rotatable bonds is 3. The molecule has 7 heteroatoms. The molecule has 1 aromatic heterocycles. The van der Waals surface area contributed by atoms with Gasteiger partial charge in [-0.2, -0.15) is 0 Å². The minimum Gasteiger partial charge on any atom is -0.310 e. The van der Waals surface area contributed by atoms with Crippen LogP contribution in [0.1, 0.15) is 15.9 Å². The van der Waals surface area contributed by atoms with Gasteiger partial charge in [0.2, 0.25) is 0 Å². The SMILES string of the molecule is O=C(NO)c1ccc2ccn(Cc3cc(F)ccc3F)c(=O)c2c1. The lowest BCUT2D eigenvalue weighted by Crippen LogP contribution is -2.22. The van der Waals surface area contributed by atoms with Crippen LogP contribution in [0.3, 0.4) is 0 Å². The second-order valence-corrected chi connectivity index (χ2v) is 5.23. The van der Waals surface area contributed by atoms with Gasteiger partial charge in [0.25, 0.3) is 11.5 Å². The van der Waals surface area contributed by atoms with Crippen molar-refractivity contribution < 1.29 is 18.8 Å². The second-order valence-electron chi connectivity index (χ2n) is 5.23. The molecule has 0 spiro atoms. The highest BCUT2D eigenvalue weighted by Crippen LogP contribution is 2.15. The largest absolute Gasteiger partial charge is 0.310 e. The summed E-state index contributed by atoms with van der Waals surface area (Å²) < 4.78 is 28.2. The monoisotopic (exact) mass is 330 g/mol. The Hall–Kier alpha value is -3.06. The van der Waals surface area contributed by atoms with Crippen LogP contribution in [-0.2, 0) is 6.54 Å². The molecule has 0 unspecified atom stereocenters. The van der Waals surface area contributed by atoms with Gasteiger partial charge < -0.3 is 4.57 Å². The number of carbonyl (C=O) groups excluding carboxylic acids is 1. The quantitative estimate of drug-likeness (QED) is 0.572. The van der Waals surface area contributed by atoms with Crippen LogP contribution in [0.4, 0.5) is 8.78 Å². The summed E-state index contributed by atoms with van der Waals surface area (Å²) in [5.41, 5.74) is 1.19. The molecule has 0 saturated heterocycles. The Labute approximate surface area is 134 Å². The van der Waals surface area contributed by atoms with Crippen molar-refractivity contribution in [2.75, 3.05) is 0 Å². The molecule has 0 saturated carbocycles. The number of carbonyl (C=O) groups is 1. The highest BCUT2D eigenvalue weighted by molar-refractivity contribution is 5.97. The number of aromatic nitrogens is 1. The molecule has 0 aliphatic heterocycles. The number of nitrogens with zero attached hydrogens (tertiary/aromatic N) is 1. The van der Waals surface area contributed by atoms with Gasteiger partial charge >= 0.3 is 0 Å². The molecule has 0 aliphatic carbocycles. The van der Waals surface area contributed by atoms with Crippen molar-refractivity contribution in [2.45, 2.75) is 6.54 Å². The fraction of sp³-hybridized carbons (Fsp3) is 0.0588. The van der Waals surface area contributed by atoms with Crippen molar-refractivity contribution >= 4 is 16.7 Å². The van der Waals surface area contributed by atoms with Gasteiger partial charge in [0.05, 0.1) is 6.54 Å². The van der Waals surface area contributed by atoms with Crippen LogP contribution >= 0.6 is 0 Å². The molecule has 0 bridgehead atoms. The topological polar surface area (TPSA) is 71.3 Å². The minimum atomic E-state index is -0.747. The van der Waals surface area contributed by atoms with Gasteiger partial charge in [0.15, 0.2) is 0 Å². The van der Waals surface area contributed by atoms with E-state index in [2.05, 4.69) is 0 Å². The summed E-state index contributed by atoms with van der Waals surface area (Å²) in [6.45, 7) is -0.144. The van der Waals surface area contributed by atoms with E-state index in [1.54, 1.807) is 12.1 Å². The van der Waals surface area contributed by atoms with Crippen LogP contribution in [0.2, 0.25) is 0 Å². The van der Waals surface area contributed by atoms with E-state index in [9.17, 15) is 18.4 Å². The summed E-state index contributed by atoms with van der Waals surface area (Å²) in [6, 6.07) is 9.03. The fourth-order valence-corrected chi connectivity index (χ4v) is 2.46. The molecule has 0 radical (unpaired) electrons. The van der Waals surface area contributed by atoms with Gasteiger partial charge in [-0.05, 0) is 41.8 Å². The summed E-state index contributed by atoms with van der Waals surface area (Å²) in [5.74, 6) is -1.96. The number of halogens is 2. The number of hydrogen-bond acceptors (Lipinski definition) is 3. The molecule has 2 N–H and O–H groups in total. The fourth-order valence-electron chi connectivity index (χ4n) is 2.46. The zero-order valence-corrected chi connectivity index (χ0v) is 12.3. The summed E-state index contributed by atoms with van der Waals surface area (Å²) in [4.78, 5) is 24.0. The smallest absolute Gasteiger partial charge is 0.274 e. The number of amides is 1. The Morgan fingerprint density at radius 1 is 1.12 bits per heavy atom. The van der Waals surface area contributed by atoms with Gasteiger partial charge in [-0.1, -0.05) is 6.07 Å². The van der Waals surface area contributed by atoms with Crippen molar-refractivity contribution in [3.8, 4) is 0 Å². The Morgan fingerprint density at radius 3 is 2.67 bits per heavy atom. The van der Waals surface area contributed by atoms with Crippen molar-refractivity contribution in [1.29, 1.82) is 0 Å². The first-order valence-electron chi connectivity index (χ1n) is 7.01. The Bertz CT molecular complexity index is 999. The van der Waals surface area contributed by atoms with Crippen LogP contribution in [0.25, 0.3) is 10.8 Å². The number of pyridine rings is 1. The van der Waals surface area contributed by atoms with Gasteiger partial charge in [-0.3, -0.25) is 14.8 Å². The van der Waals surface area contributed by atoms with Gasteiger partial charge in [0.1, 0.15) is 11.6 Å². The minimum absolute atomic E-state index is 0.0423. The first-order chi connectivity index (χ1) is 11.5. The molecule has 24 heavy (non-hydrogen) atoms. The molecule has 0 atom stereocenters. The number of nitrogens with one attached hydrogen (secondary N) is 1. The normalized spacial score (nSPS) is 10.8. The van der Waals surface area contributed by atoms with E-state index in [0.717, 1.165) is 18.2 Å². The molecule has 0 aliphatic rings. The summed E-state index contributed by atoms with van der Waals surface area (Å²) in [6.07, 6.45) is 1.47. The first-order valence-corrected chi connectivity index (χ1v) is 7.01. The summed E-state index contributed by atoms with van der Waals surface area (Å²) in [5, 5.41) is 9.50. The third-order valence-electron chi connectivity index (χ3n) is 3.69. The molecule has 2 aromatic carbocycles. The Morgan fingerprint density at radius 2 is 1.92 bits per heavy atom. The highest BCUT2D eigenvalue weighted by atomic mass is 19.1. The maximum atomic E-state index is 13.8. The molecule has 122 valence electrons. The zero-order chi connectivity index (χ0) is 17.3. The third-order valence-corrected chi connectivity index (χ3v) is 3.69. The standard InChI is InChI=1S/C17H12F2N2O3/c18-13-3-4-15(19)12(7-13)9-21-6-5-10-1-2-11(16(22)20-24)8-14(10)17(21)23/h1-8,24H,9H2,(H,20,22). The van der Waals surface area contributed by atoms with Crippen LogP contribution in [-0.4, -0.2) is 15.7 Å². The van der Waals surface area contributed by atoms with E-state index in [0.29, 0.717) is 5.39 Å². The molecule has 0 fully saturated rings. The van der Waals surface area contributed by atoms with Gasteiger partial charge in [0, 0.05) is 22.7 Å². The number of hydroxylamine groups is 1. The van der Waals surface area contributed by atoms with E-state index in [4.69, 9.17) is 5.21 Å². The highest BCUT2D eigenvalue weighted by Gasteiger charge is 2.10. The second kappa shape index (κ2) is 6.21. The van der Waals surface area contributed by atoms with Gasteiger partial charge in [-0.15, -0.1) is 0 Å². The lowest BCUT2D eigenvalue weighted by atomic mass is 10.1. The van der Waals surface area contributed by atoms with Crippen molar-refractivity contribution in [3.05, 3.63) is 81.8 Å². The molecular formula is C17H12F2N2O3. The van der Waals surface area contributed by atoms with Crippen molar-refractivity contribution in [2.24, 2.45) is 0 Å². The molecular weight excluding hydrogens is 318 g/mol. The van der Waals surface area contributed by atoms with E-state index >= 15 is 0 Å². The number of fused-ring (bicyclic) bond motifs is 1. The zero-order valence-electron chi connectivity index (χ0n) is 12.3. The predicted octanol–water partition coefficient (Wildman–Crippen LogP) is 2.45. The lowest BCUT2D eigenvalue weighted by molar-refractivity contribution is 0.0706. The molecule has 3 aromatic rings. The summed E-state index contributed by atoms with van der Waals surface area (Å²) in [7, 11) is 0. The van der Waals surface area contributed by atoms with Crippen LogP contribution < -0.4 is 11.0 Å². The first kappa shape index (κ1) is 15.8. The molecule has 5 nitrogen and oxygen atoms in total. The van der Waals surface area contributed by atoms with Crippen LogP contribution in [0.15, 0.2) is 53.5 Å². The average molecular weight is 330 g/mol. The van der Waals surface area contributed by atoms with Crippen LogP contribution in [0, 0.1) is 11.6 Å². The molecule has 1 heterocycles. The Kier molecular flexibility index (Phi) is 4.09. The maximum absolute atomic E-state index is 13.8. The average Bonchev–Trinajstić information content (AvgIpc) is 2.59. The maximum Gasteiger partial charge on any atom is 0.274 e. The van der Waals surface area contributed by atoms with E-state index in [1.165, 1.54) is 28.4 Å². The lowest BCUT2D eigenvalue weighted by Gasteiger charge is -2.09. The van der Waals surface area contributed by atoms with E-state index in [1.807, 2.05) is 0 Å². The molecule has 1 amide bonds. The van der Waals surface area contributed by atoms with Crippen LogP contribution in [0.5, 0.6) is 0 Å². The molecule has 3 rings (SSSR count). The van der Waals surface area contributed by atoms with Gasteiger partial charge in [-0.25, -0.2) is 14.3 Å². The Balaban J connectivity index is 2.09. The third kappa shape index (κ3) is 2.89. The van der Waals surface area contributed by atoms with Crippen molar-refractivity contribution in [1.82, 2.24) is 10.0 Å². The van der Waals surface area contributed by atoms with Crippen molar-refractivity contribution in [3.63, 3.8) is 0 Å². The number of hydrogen-bond donors (Lipinski definition) is 2.